The molecule has 0 heterocycles. The molecule has 37 heavy (non-hydrogen) atoms. The number of hydrogen-bond donors (Lipinski definition) is 8. The molecule has 1 aromatic rings. The van der Waals surface area contributed by atoms with Crippen molar-refractivity contribution in [3.05, 3.63) is 35.9 Å². The molecular formula is C25H42N6O6. The smallest absolute Gasteiger partial charge is 0.326 e. The first-order chi connectivity index (χ1) is 17.6. The maximum atomic E-state index is 13.1. The number of unbranched alkanes of at least 4 members (excludes halogenated alkanes) is 2. The van der Waals surface area contributed by atoms with Gasteiger partial charge in [-0.25, -0.2) is 4.79 Å². The SMILES string of the molecule is CC(O)C(N)C(=O)NC(CCCCN)C(=O)NC(CCCCN)C(=O)NC(Cc1ccccc1)C(=O)O. The molecule has 5 unspecified atom stereocenters. The fourth-order valence-electron chi connectivity index (χ4n) is 3.60. The predicted octanol–water partition coefficient (Wildman–Crippen LogP) is -1.27. The highest BCUT2D eigenvalue weighted by atomic mass is 16.4. The highest BCUT2D eigenvalue weighted by Gasteiger charge is 2.30. The third kappa shape index (κ3) is 12.2. The Hall–Kier alpha value is -3.06. The van der Waals surface area contributed by atoms with E-state index in [9.17, 15) is 29.4 Å². The van der Waals surface area contributed by atoms with Gasteiger partial charge >= 0.3 is 5.97 Å². The number of amides is 3. The summed E-state index contributed by atoms with van der Waals surface area (Å²) in [6, 6.07) is 4.37. The van der Waals surface area contributed by atoms with E-state index in [0.717, 1.165) is 5.56 Å². The number of aliphatic hydroxyl groups excluding tert-OH is 1. The van der Waals surface area contributed by atoms with E-state index in [1.54, 1.807) is 30.3 Å². The minimum Gasteiger partial charge on any atom is -0.480 e. The zero-order chi connectivity index (χ0) is 27.8. The van der Waals surface area contributed by atoms with Crippen molar-refractivity contribution in [2.24, 2.45) is 17.2 Å². The first-order valence-corrected chi connectivity index (χ1v) is 12.6. The zero-order valence-electron chi connectivity index (χ0n) is 21.4. The molecule has 0 radical (unpaired) electrons. The standard InChI is InChI=1S/C25H42N6O6/c1-16(32)21(28)24(35)30-19(12-6-8-14-27)22(33)29-18(11-5-7-13-26)23(34)31-20(25(36)37)15-17-9-3-2-4-10-17/h2-4,9-10,16,18-21,32H,5-8,11-15,26-28H2,1H3,(H,29,33)(H,30,35)(H,31,34)(H,36,37). The van der Waals surface area contributed by atoms with Gasteiger partial charge in [0.15, 0.2) is 0 Å². The molecule has 3 amide bonds. The molecule has 0 saturated carbocycles. The van der Waals surface area contributed by atoms with Crippen LogP contribution >= 0.6 is 0 Å². The molecule has 0 bridgehead atoms. The van der Waals surface area contributed by atoms with Crippen LogP contribution in [0.25, 0.3) is 0 Å². The van der Waals surface area contributed by atoms with E-state index in [1.807, 2.05) is 0 Å². The largest absolute Gasteiger partial charge is 0.480 e. The van der Waals surface area contributed by atoms with Crippen LogP contribution < -0.4 is 33.2 Å². The molecule has 0 saturated heterocycles. The van der Waals surface area contributed by atoms with Crippen LogP contribution in [0.5, 0.6) is 0 Å². The Morgan fingerprint density at radius 2 is 1.24 bits per heavy atom. The Bertz CT molecular complexity index is 853. The number of hydrogen-bond acceptors (Lipinski definition) is 8. The summed E-state index contributed by atoms with van der Waals surface area (Å²) in [5, 5.41) is 27.0. The van der Waals surface area contributed by atoms with Gasteiger partial charge in [0.2, 0.25) is 17.7 Å². The van der Waals surface area contributed by atoms with E-state index in [4.69, 9.17) is 17.2 Å². The Balaban J connectivity index is 3.01. The van der Waals surface area contributed by atoms with Crippen LogP contribution in [0.1, 0.15) is 51.0 Å². The van der Waals surface area contributed by atoms with Gasteiger partial charge in [-0.1, -0.05) is 30.3 Å². The second kappa shape index (κ2) is 17.4. The summed E-state index contributed by atoms with van der Waals surface area (Å²) in [4.78, 5) is 50.5. The molecule has 5 atom stereocenters. The van der Waals surface area contributed by atoms with Crippen molar-refractivity contribution in [3.63, 3.8) is 0 Å². The van der Waals surface area contributed by atoms with E-state index < -0.39 is 54.0 Å². The third-order valence-corrected chi connectivity index (χ3v) is 5.88. The molecule has 1 rings (SSSR count). The van der Waals surface area contributed by atoms with Crippen LogP contribution in [0, 0.1) is 0 Å². The maximum absolute atomic E-state index is 13.1. The topological polar surface area (TPSA) is 223 Å². The number of carbonyl (C=O) groups excluding carboxylic acids is 3. The van der Waals surface area contributed by atoms with Crippen molar-refractivity contribution >= 4 is 23.7 Å². The summed E-state index contributed by atoms with van der Waals surface area (Å²) in [6.07, 6.45) is 1.67. The van der Waals surface area contributed by atoms with Crippen LogP contribution in [-0.4, -0.2) is 77.3 Å². The fraction of sp³-hybridized carbons (Fsp3) is 0.600. The van der Waals surface area contributed by atoms with E-state index >= 15 is 0 Å². The van der Waals surface area contributed by atoms with Gasteiger partial charge in [-0.3, -0.25) is 14.4 Å². The van der Waals surface area contributed by atoms with Crippen molar-refractivity contribution in [3.8, 4) is 0 Å². The van der Waals surface area contributed by atoms with E-state index in [-0.39, 0.29) is 19.3 Å². The third-order valence-electron chi connectivity index (χ3n) is 5.88. The normalized spacial score (nSPS) is 15.1. The molecule has 208 valence electrons. The predicted molar refractivity (Wildman–Crippen MR) is 139 cm³/mol. The Kier molecular flexibility index (Phi) is 15.0. The monoisotopic (exact) mass is 522 g/mol. The van der Waals surface area contributed by atoms with Crippen LogP contribution in [0.3, 0.4) is 0 Å². The Morgan fingerprint density at radius 1 is 0.784 bits per heavy atom. The number of aliphatic carboxylic acids is 1. The molecule has 11 N–H and O–H groups in total. The molecule has 1 aromatic carbocycles. The molecular weight excluding hydrogens is 480 g/mol. The van der Waals surface area contributed by atoms with Gasteiger partial charge < -0.3 is 43.4 Å². The number of rotatable bonds is 18. The highest BCUT2D eigenvalue weighted by molar-refractivity contribution is 5.94. The lowest BCUT2D eigenvalue weighted by molar-refractivity contribution is -0.142. The Labute approximate surface area is 217 Å². The summed E-state index contributed by atoms with van der Waals surface area (Å²) in [7, 11) is 0. The van der Waals surface area contributed by atoms with Crippen molar-refractivity contribution in [2.45, 2.75) is 82.1 Å². The minimum absolute atomic E-state index is 0.0698. The fourth-order valence-corrected chi connectivity index (χ4v) is 3.60. The highest BCUT2D eigenvalue weighted by Crippen LogP contribution is 2.08. The number of carboxylic acid groups (broad SMARTS) is 1. The molecule has 0 aromatic heterocycles. The van der Waals surface area contributed by atoms with E-state index in [2.05, 4.69) is 16.0 Å². The van der Waals surface area contributed by atoms with Gasteiger partial charge in [0, 0.05) is 6.42 Å². The Morgan fingerprint density at radius 3 is 1.68 bits per heavy atom. The zero-order valence-corrected chi connectivity index (χ0v) is 21.4. The van der Waals surface area contributed by atoms with Gasteiger partial charge in [0.05, 0.1) is 6.10 Å². The minimum atomic E-state index is -1.23. The molecule has 0 spiro atoms. The van der Waals surface area contributed by atoms with Crippen LogP contribution in [0.15, 0.2) is 30.3 Å². The maximum Gasteiger partial charge on any atom is 0.326 e. The lowest BCUT2D eigenvalue weighted by Crippen LogP contribution is -2.58. The second-order valence-corrected chi connectivity index (χ2v) is 9.05. The molecule has 12 nitrogen and oxygen atoms in total. The lowest BCUT2D eigenvalue weighted by atomic mass is 10.0. The molecule has 0 aliphatic rings. The number of benzene rings is 1. The number of carboxylic acids is 1. The van der Waals surface area contributed by atoms with Gasteiger partial charge in [-0.05, 0) is 64.1 Å². The number of carbonyl (C=O) groups is 4. The van der Waals surface area contributed by atoms with Gasteiger partial charge in [0.1, 0.15) is 24.2 Å². The van der Waals surface area contributed by atoms with E-state index in [1.165, 1.54) is 6.92 Å². The number of nitrogens with one attached hydrogen (secondary N) is 3. The van der Waals surface area contributed by atoms with Gasteiger partial charge in [-0.2, -0.15) is 0 Å². The van der Waals surface area contributed by atoms with Gasteiger partial charge in [0.25, 0.3) is 0 Å². The summed E-state index contributed by atoms with van der Waals surface area (Å²) >= 11 is 0. The van der Waals surface area contributed by atoms with Crippen LogP contribution in [0.2, 0.25) is 0 Å². The van der Waals surface area contributed by atoms with Gasteiger partial charge in [-0.15, -0.1) is 0 Å². The molecule has 0 aliphatic heterocycles. The van der Waals surface area contributed by atoms with Crippen molar-refractivity contribution in [2.75, 3.05) is 13.1 Å². The average molecular weight is 523 g/mol. The van der Waals surface area contributed by atoms with Crippen molar-refractivity contribution in [1.82, 2.24) is 16.0 Å². The van der Waals surface area contributed by atoms with E-state index in [0.29, 0.717) is 38.8 Å². The second-order valence-electron chi connectivity index (χ2n) is 9.05. The van der Waals surface area contributed by atoms with Crippen molar-refractivity contribution in [1.29, 1.82) is 0 Å². The summed E-state index contributed by atoms with van der Waals surface area (Å²) in [5.74, 6) is -3.18. The number of aliphatic hydroxyl groups is 1. The molecule has 0 fully saturated rings. The quantitative estimate of drug-likeness (QED) is 0.107. The van der Waals surface area contributed by atoms with Crippen LogP contribution in [-0.2, 0) is 25.6 Å². The van der Waals surface area contributed by atoms with Crippen LogP contribution in [0.4, 0.5) is 0 Å². The first kappa shape index (κ1) is 32.0. The molecule has 0 aliphatic carbocycles. The van der Waals surface area contributed by atoms with Crippen molar-refractivity contribution < 1.29 is 29.4 Å². The summed E-state index contributed by atoms with van der Waals surface area (Å²) in [6.45, 7) is 2.15. The average Bonchev–Trinajstić information content (AvgIpc) is 2.87. The lowest BCUT2D eigenvalue weighted by Gasteiger charge is -2.26. The number of nitrogens with two attached hydrogens (primary N) is 3. The first-order valence-electron chi connectivity index (χ1n) is 12.6. The summed E-state index contributed by atoms with van der Waals surface area (Å²) < 4.78 is 0. The summed E-state index contributed by atoms with van der Waals surface area (Å²) in [5.41, 5.74) is 17.5. The molecule has 12 heteroatoms.